The Morgan fingerprint density at radius 3 is 2.45 bits per heavy atom. The molecule has 31 heavy (non-hydrogen) atoms. The maximum Gasteiger partial charge on any atom is 0.243 e. The van der Waals surface area contributed by atoms with Crippen molar-refractivity contribution in [2.75, 3.05) is 36.9 Å². The standard InChI is InChI=1S/C22H28N2O6S/c1-4-17-5-8-19(9-6-17)28-12-11-23-22(25)16(2)24(31(3,26)27)18-7-10-20-21(15-18)30-14-13-29-20/h5-10,15-16H,4,11-14H2,1-3H3,(H,23,25). The van der Waals surface area contributed by atoms with Gasteiger partial charge >= 0.3 is 0 Å². The Morgan fingerprint density at radius 1 is 1.13 bits per heavy atom. The van der Waals surface area contributed by atoms with E-state index in [2.05, 4.69) is 12.2 Å². The van der Waals surface area contributed by atoms with Gasteiger partial charge in [0.15, 0.2) is 11.5 Å². The maximum atomic E-state index is 12.7. The van der Waals surface area contributed by atoms with E-state index >= 15 is 0 Å². The van der Waals surface area contributed by atoms with Crippen LogP contribution in [-0.2, 0) is 21.2 Å². The molecule has 0 fully saturated rings. The number of rotatable bonds is 9. The molecule has 1 aliphatic heterocycles. The van der Waals surface area contributed by atoms with E-state index in [0.717, 1.165) is 17.0 Å². The average molecular weight is 449 g/mol. The molecule has 1 unspecified atom stereocenters. The summed E-state index contributed by atoms with van der Waals surface area (Å²) in [6.07, 6.45) is 2.02. The summed E-state index contributed by atoms with van der Waals surface area (Å²) in [5.74, 6) is 1.29. The summed E-state index contributed by atoms with van der Waals surface area (Å²) >= 11 is 0. The molecule has 1 aliphatic rings. The molecule has 2 aromatic rings. The SMILES string of the molecule is CCc1ccc(OCCNC(=O)C(C)N(c2ccc3c(c2)OCCO3)S(C)(=O)=O)cc1. The van der Waals surface area contributed by atoms with Crippen LogP contribution >= 0.6 is 0 Å². The number of anilines is 1. The second kappa shape index (κ2) is 9.91. The van der Waals surface area contributed by atoms with Crippen LogP contribution in [0.2, 0.25) is 0 Å². The summed E-state index contributed by atoms with van der Waals surface area (Å²) in [7, 11) is -3.72. The zero-order valence-electron chi connectivity index (χ0n) is 18.0. The number of carbonyl (C=O) groups excluding carboxylic acids is 1. The monoisotopic (exact) mass is 448 g/mol. The van der Waals surface area contributed by atoms with Crippen LogP contribution in [0.15, 0.2) is 42.5 Å². The van der Waals surface area contributed by atoms with Gasteiger partial charge in [-0.15, -0.1) is 0 Å². The summed E-state index contributed by atoms with van der Waals surface area (Å²) < 4.78 is 42.7. The van der Waals surface area contributed by atoms with Crippen molar-refractivity contribution in [1.29, 1.82) is 0 Å². The second-order valence-electron chi connectivity index (χ2n) is 7.20. The fourth-order valence-electron chi connectivity index (χ4n) is 3.29. The molecule has 0 aromatic heterocycles. The summed E-state index contributed by atoms with van der Waals surface area (Å²) in [6, 6.07) is 11.6. The minimum absolute atomic E-state index is 0.247. The van der Waals surface area contributed by atoms with Gasteiger partial charge in [-0.3, -0.25) is 9.10 Å². The first kappa shape index (κ1) is 22.7. The van der Waals surface area contributed by atoms with Gasteiger partial charge in [0.05, 0.1) is 18.5 Å². The lowest BCUT2D eigenvalue weighted by Gasteiger charge is -2.29. The molecule has 1 atom stereocenters. The number of amides is 1. The number of benzene rings is 2. The van der Waals surface area contributed by atoms with E-state index < -0.39 is 22.0 Å². The molecule has 1 heterocycles. The normalized spacial score (nSPS) is 13.9. The number of ether oxygens (including phenoxy) is 3. The van der Waals surface area contributed by atoms with Gasteiger partial charge in [-0.25, -0.2) is 8.42 Å². The number of nitrogens with zero attached hydrogens (tertiary/aromatic N) is 1. The van der Waals surface area contributed by atoms with Crippen LogP contribution in [0.3, 0.4) is 0 Å². The Hall–Kier alpha value is -2.94. The van der Waals surface area contributed by atoms with E-state index in [1.54, 1.807) is 18.2 Å². The molecule has 8 nitrogen and oxygen atoms in total. The van der Waals surface area contributed by atoms with E-state index in [1.807, 2.05) is 24.3 Å². The molecule has 0 aliphatic carbocycles. The predicted molar refractivity (Wildman–Crippen MR) is 119 cm³/mol. The zero-order chi connectivity index (χ0) is 22.4. The Kier molecular flexibility index (Phi) is 7.27. The molecule has 0 radical (unpaired) electrons. The van der Waals surface area contributed by atoms with Gasteiger partial charge in [-0.05, 0) is 43.2 Å². The van der Waals surface area contributed by atoms with Crippen LogP contribution in [0.25, 0.3) is 0 Å². The molecule has 9 heteroatoms. The molecule has 168 valence electrons. The topological polar surface area (TPSA) is 94.2 Å². The van der Waals surface area contributed by atoms with Crippen LogP contribution < -0.4 is 23.8 Å². The number of hydrogen-bond acceptors (Lipinski definition) is 6. The third-order valence-electron chi connectivity index (χ3n) is 4.87. The zero-order valence-corrected chi connectivity index (χ0v) is 18.8. The van der Waals surface area contributed by atoms with Gasteiger partial charge in [0.25, 0.3) is 0 Å². The lowest BCUT2D eigenvalue weighted by molar-refractivity contribution is -0.121. The minimum Gasteiger partial charge on any atom is -0.492 e. The molecule has 0 saturated heterocycles. The number of fused-ring (bicyclic) bond motifs is 1. The maximum absolute atomic E-state index is 12.7. The van der Waals surface area contributed by atoms with Crippen LogP contribution in [0, 0.1) is 0 Å². The van der Waals surface area contributed by atoms with Crippen molar-refractivity contribution in [1.82, 2.24) is 5.32 Å². The number of aryl methyl sites for hydroxylation is 1. The molecular weight excluding hydrogens is 420 g/mol. The van der Waals surface area contributed by atoms with Gasteiger partial charge in [-0.2, -0.15) is 0 Å². The van der Waals surface area contributed by atoms with Gasteiger partial charge in [0.1, 0.15) is 31.6 Å². The number of hydrogen-bond donors (Lipinski definition) is 1. The average Bonchev–Trinajstić information content (AvgIpc) is 2.76. The van der Waals surface area contributed by atoms with E-state index in [0.29, 0.717) is 36.1 Å². The lowest BCUT2D eigenvalue weighted by atomic mass is 10.2. The van der Waals surface area contributed by atoms with E-state index in [-0.39, 0.29) is 13.2 Å². The Bertz CT molecular complexity index is 1010. The Morgan fingerprint density at radius 2 is 1.81 bits per heavy atom. The van der Waals surface area contributed by atoms with Crippen molar-refractivity contribution in [3.63, 3.8) is 0 Å². The summed E-state index contributed by atoms with van der Waals surface area (Å²) in [5.41, 5.74) is 1.55. The van der Waals surface area contributed by atoms with E-state index in [1.165, 1.54) is 12.5 Å². The van der Waals surface area contributed by atoms with Gasteiger partial charge in [-0.1, -0.05) is 19.1 Å². The number of nitrogens with one attached hydrogen (secondary N) is 1. The molecule has 3 rings (SSSR count). The van der Waals surface area contributed by atoms with Crippen molar-refractivity contribution in [2.45, 2.75) is 26.3 Å². The quantitative estimate of drug-likeness (QED) is 0.592. The summed E-state index contributed by atoms with van der Waals surface area (Å²) in [5, 5.41) is 2.73. The minimum atomic E-state index is -3.72. The van der Waals surface area contributed by atoms with E-state index in [4.69, 9.17) is 14.2 Å². The van der Waals surface area contributed by atoms with Gasteiger partial charge < -0.3 is 19.5 Å². The van der Waals surface area contributed by atoms with Crippen molar-refractivity contribution in [3.8, 4) is 17.2 Å². The van der Waals surface area contributed by atoms with Crippen LogP contribution in [0.5, 0.6) is 17.2 Å². The summed E-state index contributed by atoms with van der Waals surface area (Å²) in [4.78, 5) is 12.7. The highest BCUT2D eigenvalue weighted by Crippen LogP contribution is 2.35. The highest BCUT2D eigenvalue weighted by molar-refractivity contribution is 7.92. The largest absolute Gasteiger partial charge is 0.492 e. The van der Waals surface area contributed by atoms with Crippen LogP contribution in [0.1, 0.15) is 19.4 Å². The van der Waals surface area contributed by atoms with Crippen molar-refractivity contribution in [2.24, 2.45) is 0 Å². The number of carbonyl (C=O) groups is 1. The van der Waals surface area contributed by atoms with Crippen LogP contribution in [-0.4, -0.2) is 53.0 Å². The molecule has 0 spiro atoms. The van der Waals surface area contributed by atoms with Crippen LogP contribution in [0.4, 0.5) is 5.69 Å². The lowest BCUT2D eigenvalue weighted by Crippen LogP contribution is -2.48. The molecule has 2 aromatic carbocycles. The smallest absolute Gasteiger partial charge is 0.243 e. The predicted octanol–water partition coefficient (Wildman–Crippen LogP) is 2.37. The van der Waals surface area contributed by atoms with Crippen molar-refractivity contribution >= 4 is 21.6 Å². The van der Waals surface area contributed by atoms with Crippen molar-refractivity contribution < 1.29 is 27.4 Å². The molecule has 1 amide bonds. The second-order valence-corrected chi connectivity index (χ2v) is 9.06. The fourth-order valence-corrected chi connectivity index (χ4v) is 4.46. The Balaban J connectivity index is 1.61. The molecule has 0 saturated carbocycles. The third kappa shape index (κ3) is 5.81. The van der Waals surface area contributed by atoms with Gasteiger partial charge in [0, 0.05) is 6.07 Å². The summed E-state index contributed by atoms with van der Waals surface area (Å²) in [6.45, 7) is 4.96. The highest BCUT2D eigenvalue weighted by Gasteiger charge is 2.30. The number of sulfonamides is 1. The van der Waals surface area contributed by atoms with Crippen molar-refractivity contribution in [3.05, 3.63) is 48.0 Å². The first-order valence-electron chi connectivity index (χ1n) is 10.2. The first-order chi connectivity index (χ1) is 14.8. The first-order valence-corrected chi connectivity index (χ1v) is 12.0. The van der Waals surface area contributed by atoms with E-state index in [9.17, 15) is 13.2 Å². The Labute approximate surface area is 183 Å². The molecule has 1 N–H and O–H groups in total. The molecular formula is C22H28N2O6S. The van der Waals surface area contributed by atoms with Gasteiger partial charge in [0.2, 0.25) is 15.9 Å². The highest BCUT2D eigenvalue weighted by atomic mass is 32.2. The molecule has 0 bridgehead atoms. The third-order valence-corrected chi connectivity index (χ3v) is 6.11. The fraction of sp³-hybridized carbons (Fsp3) is 0.409.